The van der Waals surface area contributed by atoms with E-state index < -0.39 is 10.0 Å². The van der Waals surface area contributed by atoms with Crippen molar-refractivity contribution in [2.24, 2.45) is 5.92 Å². The second-order valence-electron chi connectivity index (χ2n) is 6.93. The van der Waals surface area contributed by atoms with E-state index in [-0.39, 0.29) is 23.3 Å². The molecule has 0 spiro atoms. The monoisotopic (exact) mass is 418 g/mol. The van der Waals surface area contributed by atoms with Gasteiger partial charge in [0.1, 0.15) is 0 Å². The van der Waals surface area contributed by atoms with Gasteiger partial charge in [-0.1, -0.05) is 36.8 Å². The van der Waals surface area contributed by atoms with Crippen LogP contribution >= 0.6 is 11.8 Å². The lowest BCUT2D eigenvalue weighted by atomic mass is 9.99. The molecule has 1 fully saturated rings. The number of nitrogens with one attached hydrogen (secondary N) is 1. The Morgan fingerprint density at radius 1 is 1.18 bits per heavy atom. The fourth-order valence-electron chi connectivity index (χ4n) is 3.32. The molecule has 1 amide bonds. The molecule has 5 nitrogen and oxygen atoms in total. The van der Waals surface area contributed by atoms with E-state index >= 15 is 0 Å². The van der Waals surface area contributed by atoms with Gasteiger partial charge in [0.25, 0.3) is 0 Å². The van der Waals surface area contributed by atoms with Gasteiger partial charge in [-0.3, -0.25) is 4.79 Å². The molecule has 1 aliphatic rings. The van der Waals surface area contributed by atoms with Gasteiger partial charge in [0, 0.05) is 18.0 Å². The molecule has 1 N–H and O–H groups in total. The van der Waals surface area contributed by atoms with E-state index in [9.17, 15) is 13.2 Å². The molecule has 0 aliphatic carbocycles. The number of hydrogen-bond donors (Lipinski definition) is 1. The summed E-state index contributed by atoms with van der Waals surface area (Å²) in [6, 6.07) is 14.6. The predicted molar refractivity (Wildman–Crippen MR) is 114 cm³/mol. The smallest absolute Gasteiger partial charge is 0.243 e. The summed E-state index contributed by atoms with van der Waals surface area (Å²) in [4.78, 5) is 14.1. The van der Waals surface area contributed by atoms with Crippen LogP contribution in [-0.2, 0) is 14.8 Å². The molecular formula is C21H26N2O3S2. The summed E-state index contributed by atoms with van der Waals surface area (Å²) < 4.78 is 27.4. The Bertz CT molecular complexity index is 927. The van der Waals surface area contributed by atoms with Crippen molar-refractivity contribution < 1.29 is 13.2 Å². The average Bonchev–Trinajstić information content (AvgIpc) is 2.70. The zero-order valence-corrected chi connectivity index (χ0v) is 17.9. The molecule has 0 bridgehead atoms. The topological polar surface area (TPSA) is 66.5 Å². The number of carbonyl (C=O) groups excluding carboxylic acids is 1. The maximum atomic E-state index is 13.0. The van der Waals surface area contributed by atoms with Crippen LogP contribution in [0.1, 0.15) is 25.3 Å². The van der Waals surface area contributed by atoms with E-state index in [4.69, 9.17) is 0 Å². The summed E-state index contributed by atoms with van der Waals surface area (Å²) in [5.41, 5.74) is 1.80. The molecular weight excluding hydrogens is 392 g/mol. The number of para-hydroxylation sites is 1. The van der Waals surface area contributed by atoms with E-state index in [0.717, 1.165) is 21.9 Å². The van der Waals surface area contributed by atoms with Crippen LogP contribution in [0.3, 0.4) is 0 Å². The molecule has 0 radical (unpaired) electrons. The van der Waals surface area contributed by atoms with Crippen LogP contribution in [0.15, 0.2) is 58.3 Å². The van der Waals surface area contributed by atoms with Gasteiger partial charge in [0.2, 0.25) is 15.9 Å². The van der Waals surface area contributed by atoms with E-state index in [1.54, 1.807) is 36.0 Å². The van der Waals surface area contributed by atoms with Gasteiger partial charge < -0.3 is 5.32 Å². The summed E-state index contributed by atoms with van der Waals surface area (Å²) in [6.45, 7) is 4.65. The van der Waals surface area contributed by atoms with Crippen molar-refractivity contribution in [3.63, 3.8) is 0 Å². The van der Waals surface area contributed by atoms with E-state index in [1.165, 1.54) is 4.31 Å². The predicted octanol–water partition coefficient (Wildman–Crippen LogP) is 4.15. The lowest BCUT2D eigenvalue weighted by Crippen LogP contribution is -2.43. The molecule has 0 saturated carbocycles. The highest BCUT2D eigenvalue weighted by molar-refractivity contribution is 7.99. The first-order valence-corrected chi connectivity index (χ1v) is 11.9. The number of rotatable bonds is 6. The maximum Gasteiger partial charge on any atom is 0.243 e. The van der Waals surface area contributed by atoms with E-state index in [2.05, 4.69) is 12.2 Å². The number of anilines is 1. The first-order valence-electron chi connectivity index (χ1n) is 9.51. The maximum absolute atomic E-state index is 13.0. The molecule has 1 unspecified atom stereocenters. The highest BCUT2D eigenvalue weighted by Crippen LogP contribution is 2.29. The van der Waals surface area contributed by atoms with Gasteiger partial charge >= 0.3 is 0 Å². The Morgan fingerprint density at radius 3 is 2.61 bits per heavy atom. The van der Waals surface area contributed by atoms with Crippen molar-refractivity contribution in [3.8, 4) is 0 Å². The molecule has 3 rings (SSSR count). The second-order valence-corrected chi connectivity index (χ2v) is 10.2. The third-order valence-electron chi connectivity index (χ3n) is 4.86. The first kappa shape index (κ1) is 20.9. The molecule has 1 heterocycles. The van der Waals surface area contributed by atoms with Crippen LogP contribution in [0.25, 0.3) is 0 Å². The van der Waals surface area contributed by atoms with Crippen LogP contribution in [0, 0.1) is 12.8 Å². The second kappa shape index (κ2) is 9.11. The number of carbonyl (C=O) groups is 1. The van der Waals surface area contributed by atoms with Crippen molar-refractivity contribution in [2.45, 2.75) is 36.5 Å². The Morgan fingerprint density at radius 2 is 1.89 bits per heavy atom. The van der Waals surface area contributed by atoms with Crippen molar-refractivity contribution in [1.82, 2.24) is 4.31 Å². The van der Waals surface area contributed by atoms with Crippen molar-refractivity contribution in [2.75, 3.05) is 24.2 Å². The molecule has 2 aromatic rings. The van der Waals surface area contributed by atoms with E-state index in [1.807, 2.05) is 31.2 Å². The molecule has 2 aromatic carbocycles. The van der Waals surface area contributed by atoms with Crippen LogP contribution in [-0.4, -0.2) is 37.5 Å². The van der Waals surface area contributed by atoms with Crippen molar-refractivity contribution in [3.05, 3.63) is 54.1 Å². The zero-order valence-electron chi connectivity index (χ0n) is 16.2. The van der Waals surface area contributed by atoms with E-state index in [0.29, 0.717) is 19.4 Å². The molecule has 7 heteroatoms. The summed E-state index contributed by atoms with van der Waals surface area (Å²) in [5.74, 6) is 0.445. The van der Waals surface area contributed by atoms with Crippen LogP contribution in [0.5, 0.6) is 0 Å². The summed E-state index contributed by atoms with van der Waals surface area (Å²) >= 11 is 1.67. The number of sulfonamides is 1. The fourth-order valence-corrected chi connectivity index (χ4v) is 5.60. The molecule has 1 atom stereocenters. The first-order chi connectivity index (χ1) is 13.4. The largest absolute Gasteiger partial charge is 0.325 e. The number of nitrogens with zero attached hydrogens (tertiary/aromatic N) is 1. The number of piperidine rings is 1. The fraction of sp³-hybridized carbons (Fsp3) is 0.381. The lowest BCUT2D eigenvalue weighted by molar-refractivity contribution is -0.120. The summed E-state index contributed by atoms with van der Waals surface area (Å²) in [7, 11) is -3.59. The highest BCUT2D eigenvalue weighted by atomic mass is 32.2. The number of benzene rings is 2. The minimum atomic E-state index is -3.59. The van der Waals surface area contributed by atoms with Gasteiger partial charge in [-0.2, -0.15) is 4.31 Å². The van der Waals surface area contributed by atoms with Crippen molar-refractivity contribution >= 4 is 33.4 Å². The minimum Gasteiger partial charge on any atom is -0.325 e. The Kier molecular flexibility index (Phi) is 6.80. The normalized spacial score (nSPS) is 18.0. The van der Waals surface area contributed by atoms with Gasteiger partial charge in [-0.25, -0.2) is 8.42 Å². The Balaban J connectivity index is 1.72. The quantitative estimate of drug-likeness (QED) is 0.716. The van der Waals surface area contributed by atoms with Crippen LogP contribution in [0.2, 0.25) is 0 Å². The third kappa shape index (κ3) is 4.77. The van der Waals surface area contributed by atoms with Gasteiger partial charge in [-0.15, -0.1) is 11.8 Å². The van der Waals surface area contributed by atoms with Gasteiger partial charge in [0.15, 0.2) is 0 Å². The number of aryl methyl sites for hydroxylation is 1. The van der Waals surface area contributed by atoms with Crippen molar-refractivity contribution in [1.29, 1.82) is 0 Å². The average molecular weight is 419 g/mol. The standard InChI is InChI=1S/C21H26N2O3S2/c1-3-27-20-9-5-4-8-19(20)22-21(24)17-7-6-14-23(15-17)28(25,26)18-12-10-16(2)11-13-18/h4-5,8-13,17H,3,6-7,14-15H2,1-2H3,(H,22,24). The third-order valence-corrected chi connectivity index (χ3v) is 7.69. The molecule has 0 aromatic heterocycles. The number of thioether (sulfide) groups is 1. The number of amides is 1. The van der Waals surface area contributed by atoms with Crippen LogP contribution < -0.4 is 5.32 Å². The summed E-state index contributed by atoms with van der Waals surface area (Å²) in [5, 5.41) is 3.00. The molecule has 1 saturated heterocycles. The molecule has 150 valence electrons. The Labute approximate surface area is 171 Å². The minimum absolute atomic E-state index is 0.118. The SMILES string of the molecule is CCSc1ccccc1NC(=O)C1CCCN(S(=O)(=O)c2ccc(C)cc2)C1. The zero-order chi connectivity index (χ0) is 20.1. The Hall–Kier alpha value is -1.83. The highest BCUT2D eigenvalue weighted by Gasteiger charge is 2.33. The molecule has 28 heavy (non-hydrogen) atoms. The summed E-state index contributed by atoms with van der Waals surface area (Å²) in [6.07, 6.45) is 1.36. The molecule has 1 aliphatic heterocycles. The van der Waals surface area contributed by atoms with Gasteiger partial charge in [0.05, 0.1) is 16.5 Å². The van der Waals surface area contributed by atoms with Gasteiger partial charge in [-0.05, 0) is 49.8 Å². The van der Waals surface area contributed by atoms with Crippen LogP contribution in [0.4, 0.5) is 5.69 Å². The number of hydrogen-bond acceptors (Lipinski definition) is 4. The lowest BCUT2D eigenvalue weighted by Gasteiger charge is -2.31.